The maximum atomic E-state index is 12.4. The van der Waals surface area contributed by atoms with Gasteiger partial charge in [0.25, 0.3) is 5.91 Å². The van der Waals surface area contributed by atoms with Gasteiger partial charge in [0.05, 0.1) is 24.6 Å². The van der Waals surface area contributed by atoms with Gasteiger partial charge in [-0.15, -0.1) is 0 Å². The average molecular weight is 428 g/mol. The van der Waals surface area contributed by atoms with E-state index >= 15 is 0 Å². The number of ether oxygens (including phenoxy) is 2. The summed E-state index contributed by atoms with van der Waals surface area (Å²) in [5, 5.41) is 13.3. The van der Waals surface area contributed by atoms with Crippen LogP contribution >= 0.6 is 0 Å². The molecule has 0 spiro atoms. The SMILES string of the molecule is CCCN(CCC)C(=O)COc1ccc(C=NNc2ccccc2C(=O)O)cc1OC. The van der Waals surface area contributed by atoms with Crippen LogP contribution in [0.2, 0.25) is 0 Å². The summed E-state index contributed by atoms with van der Waals surface area (Å²) in [4.78, 5) is 25.5. The van der Waals surface area contributed by atoms with Crippen LogP contribution in [0.1, 0.15) is 42.6 Å². The summed E-state index contributed by atoms with van der Waals surface area (Å²) in [6, 6.07) is 11.7. The van der Waals surface area contributed by atoms with Crippen LogP contribution in [0.3, 0.4) is 0 Å². The highest BCUT2D eigenvalue weighted by Gasteiger charge is 2.14. The quantitative estimate of drug-likeness (QED) is 0.394. The summed E-state index contributed by atoms with van der Waals surface area (Å²) >= 11 is 0. The minimum Gasteiger partial charge on any atom is -0.493 e. The van der Waals surface area contributed by atoms with Crippen molar-refractivity contribution in [3.05, 3.63) is 53.6 Å². The van der Waals surface area contributed by atoms with Gasteiger partial charge in [0.15, 0.2) is 18.1 Å². The van der Waals surface area contributed by atoms with Crippen LogP contribution in [-0.4, -0.2) is 54.9 Å². The van der Waals surface area contributed by atoms with Crippen molar-refractivity contribution in [2.24, 2.45) is 5.10 Å². The second-order valence-corrected chi connectivity index (χ2v) is 6.80. The lowest BCUT2D eigenvalue weighted by Crippen LogP contribution is -2.36. The number of hydrogen-bond acceptors (Lipinski definition) is 6. The van der Waals surface area contributed by atoms with Gasteiger partial charge in [-0.1, -0.05) is 26.0 Å². The Morgan fingerprint density at radius 1 is 1.10 bits per heavy atom. The van der Waals surface area contributed by atoms with E-state index in [0.717, 1.165) is 18.4 Å². The maximum Gasteiger partial charge on any atom is 0.337 e. The lowest BCUT2D eigenvalue weighted by Gasteiger charge is -2.21. The Morgan fingerprint density at radius 2 is 1.81 bits per heavy atom. The highest BCUT2D eigenvalue weighted by Crippen LogP contribution is 2.27. The first kappa shape index (κ1) is 23.7. The number of amides is 1. The smallest absolute Gasteiger partial charge is 0.337 e. The second-order valence-electron chi connectivity index (χ2n) is 6.80. The van der Waals surface area contributed by atoms with Gasteiger partial charge < -0.3 is 19.5 Å². The number of carbonyl (C=O) groups is 2. The summed E-state index contributed by atoms with van der Waals surface area (Å²) in [6.07, 6.45) is 3.34. The Hall–Kier alpha value is -3.55. The van der Waals surface area contributed by atoms with Crippen molar-refractivity contribution in [1.29, 1.82) is 0 Å². The summed E-state index contributed by atoms with van der Waals surface area (Å²) in [5.74, 6) is -0.157. The van der Waals surface area contributed by atoms with Gasteiger partial charge in [-0.2, -0.15) is 5.10 Å². The van der Waals surface area contributed by atoms with Crippen molar-refractivity contribution in [2.75, 3.05) is 32.2 Å². The number of para-hydroxylation sites is 1. The van der Waals surface area contributed by atoms with E-state index in [-0.39, 0.29) is 18.1 Å². The van der Waals surface area contributed by atoms with Crippen LogP contribution in [-0.2, 0) is 4.79 Å². The molecule has 0 saturated carbocycles. The predicted octanol–water partition coefficient (Wildman–Crippen LogP) is 3.87. The van der Waals surface area contributed by atoms with Gasteiger partial charge in [-0.05, 0) is 48.7 Å². The van der Waals surface area contributed by atoms with Gasteiger partial charge in [0, 0.05) is 13.1 Å². The molecule has 2 aromatic rings. The molecule has 0 heterocycles. The van der Waals surface area contributed by atoms with Crippen molar-refractivity contribution in [2.45, 2.75) is 26.7 Å². The summed E-state index contributed by atoms with van der Waals surface area (Å²) in [7, 11) is 1.52. The largest absolute Gasteiger partial charge is 0.493 e. The number of carbonyl (C=O) groups excluding carboxylic acids is 1. The highest BCUT2D eigenvalue weighted by molar-refractivity contribution is 5.94. The molecule has 0 aliphatic carbocycles. The Labute approximate surface area is 182 Å². The topological polar surface area (TPSA) is 100 Å². The van der Waals surface area contributed by atoms with Crippen molar-refractivity contribution >= 4 is 23.8 Å². The number of carboxylic acid groups (broad SMARTS) is 1. The van der Waals surface area contributed by atoms with E-state index in [0.29, 0.717) is 30.3 Å². The van der Waals surface area contributed by atoms with E-state index in [9.17, 15) is 14.7 Å². The third-order valence-electron chi connectivity index (χ3n) is 4.43. The van der Waals surface area contributed by atoms with E-state index in [4.69, 9.17) is 9.47 Å². The van der Waals surface area contributed by atoms with Crippen LogP contribution in [0.25, 0.3) is 0 Å². The molecule has 2 rings (SSSR count). The van der Waals surface area contributed by atoms with Crippen LogP contribution in [0.15, 0.2) is 47.6 Å². The molecule has 0 aliphatic rings. The molecule has 0 aliphatic heterocycles. The van der Waals surface area contributed by atoms with E-state index in [1.165, 1.54) is 13.2 Å². The van der Waals surface area contributed by atoms with Crippen molar-refractivity contribution in [3.63, 3.8) is 0 Å². The maximum absolute atomic E-state index is 12.4. The standard InChI is InChI=1S/C23H29N3O5/c1-4-12-26(13-5-2)22(27)16-31-20-11-10-17(14-21(20)30-3)15-24-25-19-9-7-6-8-18(19)23(28)29/h6-11,14-15,25H,4-5,12-13,16H2,1-3H3,(H,28,29). The molecule has 2 aromatic carbocycles. The number of benzene rings is 2. The molecule has 0 fully saturated rings. The predicted molar refractivity (Wildman–Crippen MR) is 120 cm³/mol. The molecule has 8 heteroatoms. The third kappa shape index (κ3) is 7.02. The Bertz CT molecular complexity index is 908. The molecule has 166 valence electrons. The molecule has 0 bridgehead atoms. The number of hydrazone groups is 1. The van der Waals surface area contributed by atoms with Gasteiger partial charge >= 0.3 is 5.97 Å². The molecule has 2 N–H and O–H groups in total. The first-order valence-electron chi connectivity index (χ1n) is 10.2. The summed E-state index contributed by atoms with van der Waals surface area (Å²) < 4.78 is 11.1. The first-order valence-corrected chi connectivity index (χ1v) is 10.2. The Kier molecular flexibility index (Phi) is 9.35. The number of nitrogens with one attached hydrogen (secondary N) is 1. The minimum absolute atomic E-state index is 0.0577. The zero-order valence-electron chi connectivity index (χ0n) is 18.1. The Balaban J connectivity index is 2.03. The van der Waals surface area contributed by atoms with Gasteiger partial charge in [-0.25, -0.2) is 4.79 Å². The summed E-state index contributed by atoms with van der Waals surface area (Å²) in [6.45, 7) is 5.43. The van der Waals surface area contributed by atoms with Crippen LogP contribution < -0.4 is 14.9 Å². The Morgan fingerprint density at radius 3 is 2.45 bits per heavy atom. The monoisotopic (exact) mass is 427 g/mol. The van der Waals surface area contributed by atoms with Gasteiger partial charge in [0.2, 0.25) is 0 Å². The fraction of sp³-hybridized carbons (Fsp3) is 0.348. The molecule has 31 heavy (non-hydrogen) atoms. The molecule has 8 nitrogen and oxygen atoms in total. The lowest BCUT2D eigenvalue weighted by atomic mass is 10.2. The van der Waals surface area contributed by atoms with E-state index in [1.54, 1.807) is 47.5 Å². The second kappa shape index (κ2) is 12.2. The highest BCUT2D eigenvalue weighted by atomic mass is 16.5. The van der Waals surface area contributed by atoms with Crippen molar-refractivity contribution < 1.29 is 24.2 Å². The van der Waals surface area contributed by atoms with Crippen molar-refractivity contribution in [1.82, 2.24) is 4.90 Å². The zero-order chi connectivity index (χ0) is 22.6. The van der Waals surface area contributed by atoms with Gasteiger partial charge in [0.1, 0.15) is 0 Å². The molecule has 0 radical (unpaired) electrons. The van der Waals surface area contributed by atoms with Gasteiger partial charge in [-0.3, -0.25) is 10.2 Å². The third-order valence-corrected chi connectivity index (χ3v) is 4.43. The van der Waals surface area contributed by atoms with E-state index in [1.807, 2.05) is 13.8 Å². The first-order chi connectivity index (χ1) is 15.0. The number of rotatable bonds is 12. The molecule has 0 unspecified atom stereocenters. The normalized spacial score (nSPS) is 10.7. The average Bonchev–Trinajstić information content (AvgIpc) is 2.77. The molecule has 0 atom stereocenters. The van der Waals surface area contributed by atoms with Crippen LogP contribution in [0.5, 0.6) is 11.5 Å². The number of aromatic carboxylic acids is 1. The van der Waals surface area contributed by atoms with Crippen LogP contribution in [0.4, 0.5) is 5.69 Å². The minimum atomic E-state index is -1.03. The molecular weight excluding hydrogens is 398 g/mol. The fourth-order valence-corrected chi connectivity index (χ4v) is 2.96. The lowest BCUT2D eigenvalue weighted by molar-refractivity contribution is -0.133. The van der Waals surface area contributed by atoms with E-state index in [2.05, 4.69) is 10.5 Å². The molecule has 0 saturated heterocycles. The molecule has 0 aromatic heterocycles. The molecule has 1 amide bonds. The van der Waals surface area contributed by atoms with E-state index < -0.39 is 5.97 Å². The molecular formula is C23H29N3O5. The van der Waals surface area contributed by atoms with Crippen LogP contribution in [0, 0.1) is 0 Å². The number of hydrogen-bond donors (Lipinski definition) is 2. The zero-order valence-corrected chi connectivity index (χ0v) is 18.1. The number of anilines is 1. The van der Waals surface area contributed by atoms with Crippen molar-refractivity contribution in [3.8, 4) is 11.5 Å². The number of nitrogens with zero attached hydrogens (tertiary/aromatic N) is 2. The summed E-state index contributed by atoms with van der Waals surface area (Å²) in [5.41, 5.74) is 3.97. The number of methoxy groups -OCH3 is 1. The fourth-order valence-electron chi connectivity index (χ4n) is 2.96. The number of carboxylic acids is 1.